The van der Waals surface area contributed by atoms with Gasteiger partial charge in [-0.15, -0.1) is 10.2 Å². The molecule has 2 heterocycles. The number of carbonyl (C=O) groups is 1. The van der Waals surface area contributed by atoms with Crippen LogP contribution in [0.25, 0.3) is 0 Å². The van der Waals surface area contributed by atoms with Gasteiger partial charge in [0.1, 0.15) is 5.82 Å². The molecule has 1 atom stereocenters. The summed E-state index contributed by atoms with van der Waals surface area (Å²) in [6, 6.07) is 10.0. The van der Waals surface area contributed by atoms with E-state index < -0.39 is 0 Å². The third-order valence-corrected chi connectivity index (χ3v) is 4.70. The molecule has 0 saturated heterocycles. The molecule has 5 heteroatoms. The first-order valence-corrected chi connectivity index (χ1v) is 9.03. The zero-order chi connectivity index (χ0) is 16.8. The molecule has 0 bridgehead atoms. The van der Waals surface area contributed by atoms with Crippen molar-refractivity contribution in [1.29, 1.82) is 0 Å². The number of benzene rings is 1. The van der Waals surface area contributed by atoms with Crippen LogP contribution in [0.5, 0.6) is 0 Å². The topological polar surface area (TPSA) is 59.8 Å². The third-order valence-electron chi connectivity index (χ3n) is 4.70. The minimum Gasteiger partial charge on any atom is -0.348 e. The Morgan fingerprint density at radius 3 is 2.83 bits per heavy atom. The van der Waals surface area contributed by atoms with Crippen molar-refractivity contribution in [3.63, 3.8) is 0 Å². The van der Waals surface area contributed by atoms with E-state index in [2.05, 4.69) is 27.0 Å². The van der Waals surface area contributed by atoms with Crippen molar-refractivity contribution in [2.45, 2.75) is 64.5 Å². The smallest absolute Gasteiger partial charge is 0.227 e. The average molecular weight is 326 g/mol. The number of fused-ring (bicyclic) bond motifs is 1. The summed E-state index contributed by atoms with van der Waals surface area (Å²) >= 11 is 0. The number of hydrogen-bond acceptors (Lipinski definition) is 3. The zero-order valence-corrected chi connectivity index (χ0v) is 14.4. The van der Waals surface area contributed by atoms with Gasteiger partial charge in [0.15, 0.2) is 5.82 Å². The van der Waals surface area contributed by atoms with Crippen molar-refractivity contribution in [2.24, 2.45) is 0 Å². The van der Waals surface area contributed by atoms with Crippen molar-refractivity contribution >= 4 is 5.91 Å². The van der Waals surface area contributed by atoms with Gasteiger partial charge >= 0.3 is 0 Å². The van der Waals surface area contributed by atoms with Crippen molar-refractivity contribution in [3.8, 4) is 0 Å². The molecular formula is C19H26N4O. The van der Waals surface area contributed by atoms with E-state index in [-0.39, 0.29) is 11.8 Å². The van der Waals surface area contributed by atoms with E-state index in [1.807, 2.05) is 30.3 Å². The predicted molar refractivity (Wildman–Crippen MR) is 93.5 cm³/mol. The Morgan fingerprint density at radius 1 is 1.21 bits per heavy atom. The van der Waals surface area contributed by atoms with Crippen molar-refractivity contribution in [2.75, 3.05) is 0 Å². The first kappa shape index (κ1) is 16.7. The van der Waals surface area contributed by atoms with E-state index in [9.17, 15) is 4.79 Å². The molecule has 1 amide bonds. The normalized spacial score (nSPS) is 15.4. The number of aromatic nitrogens is 3. The molecule has 1 aromatic carbocycles. The minimum absolute atomic E-state index is 0.0778. The predicted octanol–water partition coefficient (Wildman–Crippen LogP) is 3.20. The lowest BCUT2D eigenvalue weighted by atomic mass is 9.94. The Morgan fingerprint density at radius 2 is 2.04 bits per heavy atom. The highest BCUT2D eigenvalue weighted by Gasteiger charge is 2.21. The molecule has 0 saturated carbocycles. The van der Waals surface area contributed by atoms with Crippen molar-refractivity contribution in [1.82, 2.24) is 20.1 Å². The number of carbonyl (C=O) groups excluding carboxylic acids is 1. The molecule has 0 unspecified atom stereocenters. The maximum absolute atomic E-state index is 12.7. The van der Waals surface area contributed by atoms with Gasteiger partial charge in [0.2, 0.25) is 5.91 Å². The van der Waals surface area contributed by atoms with Gasteiger partial charge < -0.3 is 9.88 Å². The maximum Gasteiger partial charge on any atom is 0.227 e. The summed E-state index contributed by atoms with van der Waals surface area (Å²) in [6.45, 7) is 3.53. The summed E-state index contributed by atoms with van der Waals surface area (Å²) in [5.74, 6) is 1.92. The maximum atomic E-state index is 12.7. The van der Waals surface area contributed by atoms with Gasteiger partial charge in [-0.1, -0.05) is 50.1 Å². The summed E-state index contributed by atoms with van der Waals surface area (Å²) in [5.41, 5.74) is 1.08. The quantitative estimate of drug-likeness (QED) is 0.887. The number of aryl methyl sites for hydroxylation is 1. The first-order valence-electron chi connectivity index (χ1n) is 9.03. The van der Waals surface area contributed by atoms with Crippen LogP contribution in [0.2, 0.25) is 0 Å². The number of nitrogens with zero attached hydrogens (tertiary/aromatic N) is 3. The Hall–Kier alpha value is -2.17. The van der Waals surface area contributed by atoms with E-state index in [4.69, 9.17) is 0 Å². The molecule has 24 heavy (non-hydrogen) atoms. The Kier molecular flexibility index (Phi) is 5.62. The van der Waals surface area contributed by atoms with Gasteiger partial charge in [-0.3, -0.25) is 4.79 Å². The van der Waals surface area contributed by atoms with Crippen LogP contribution in [0.1, 0.15) is 62.2 Å². The van der Waals surface area contributed by atoms with Crippen LogP contribution in [0.4, 0.5) is 0 Å². The SMILES string of the molecule is CCC[C@@H](C(=O)NCc1nnc2n1CCCCC2)c1ccccc1. The molecule has 1 aliphatic heterocycles. The summed E-state index contributed by atoms with van der Waals surface area (Å²) in [4.78, 5) is 12.7. The van der Waals surface area contributed by atoms with Crippen LogP contribution in [0.3, 0.4) is 0 Å². The number of nitrogens with one attached hydrogen (secondary N) is 1. The van der Waals surface area contributed by atoms with Gasteiger partial charge in [0.25, 0.3) is 0 Å². The molecule has 0 radical (unpaired) electrons. The second-order valence-corrected chi connectivity index (χ2v) is 6.46. The molecular weight excluding hydrogens is 300 g/mol. The van der Waals surface area contributed by atoms with E-state index in [0.717, 1.165) is 49.4 Å². The molecule has 0 spiro atoms. The Labute approximate surface area is 143 Å². The molecule has 1 aromatic heterocycles. The number of rotatable bonds is 6. The summed E-state index contributed by atoms with van der Waals surface area (Å²) in [7, 11) is 0. The van der Waals surface area contributed by atoms with Crippen molar-refractivity contribution < 1.29 is 4.79 Å². The largest absolute Gasteiger partial charge is 0.348 e. The van der Waals surface area contributed by atoms with Crippen LogP contribution >= 0.6 is 0 Å². The van der Waals surface area contributed by atoms with Gasteiger partial charge in [-0.2, -0.15) is 0 Å². The van der Waals surface area contributed by atoms with E-state index in [1.165, 1.54) is 12.8 Å². The standard InChI is InChI=1S/C19H26N4O/c1-2-9-16(15-10-5-3-6-11-15)19(24)20-14-18-22-21-17-12-7-4-8-13-23(17)18/h3,5-6,10-11,16H,2,4,7-9,12-14H2,1H3,(H,20,24)/t16-/m1/s1. The molecule has 1 N–H and O–H groups in total. The van der Waals surface area contributed by atoms with Crippen LogP contribution in [0.15, 0.2) is 30.3 Å². The highest BCUT2D eigenvalue weighted by molar-refractivity contribution is 5.83. The Balaban J connectivity index is 1.67. The molecule has 3 rings (SSSR count). The summed E-state index contributed by atoms with van der Waals surface area (Å²) < 4.78 is 2.19. The lowest BCUT2D eigenvalue weighted by Crippen LogP contribution is -2.30. The third kappa shape index (κ3) is 3.83. The van der Waals surface area contributed by atoms with E-state index in [0.29, 0.717) is 6.54 Å². The molecule has 0 fully saturated rings. The average Bonchev–Trinajstić information content (AvgIpc) is 2.84. The van der Waals surface area contributed by atoms with Gasteiger partial charge in [-0.25, -0.2) is 0 Å². The van der Waals surface area contributed by atoms with E-state index >= 15 is 0 Å². The van der Waals surface area contributed by atoms with Crippen LogP contribution in [0, 0.1) is 0 Å². The minimum atomic E-state index is -0.0947. The van der Waals surface area contributed by atoms with Crippen LogP contribution in [-0.4, -0.2) is 20.7 Å². The number of hydrogen-bond donors (Lipinski definition) is 1. The molecule has 128 valence electrons. The highest BCUT2D eigenvalue weighted by Crippen LogP contribution is 2.21. The fourth-order valence-electron chi connectivity index (χ4n) is 3.39. The molecule has 0 aliphatic carbocycles. The Bertz CT molecular complexity index is 665. The van der Waals surface area contributed by atoms with Crippen molar-refractivity contribution in [3.05, 3.63) is 47.5 Å². The molecule has 2 aromatic rings. The van der Waals surface area contributed by atoms with Gasteiger partial charge in [0.05, 0.1) is 12.5 Å². The summed E-state index contributed by atoms with van der Waals surface area (Å²) in [5, 5.41) is 11.7. The van der Waals surface area contributed by atoms with E-state index in [1.54, 1.807) is 0 Å². The molecule has 1 aliphatic rings. The second-order valence-electron chi connectivity index (χ2n) is 6.46. The van der Waals surface area contributed by atoms with Crippen LogP contribution < -0.4 is 5.32 Å². The lowest BCUT2D eigenvalue weighted by Gasteiger charge is -2.16. The fraction of sp³-hybridized carbons (Fsp3) is 0.526. The fourth-order valence-corrected chi connectivity index (χ4v) is 3.39. The summed E-state index contributed by atoms with van der Waals surface area (Å²) in [6.07, 6.45) is 6.40. The second kappa shape index (κ2) is 8.08. The highest BCUT2D eigenvalue weighted by atomic mass is 16.1. The first-order chi connectivity index (χ1) is 11.8. The number of amides is 1. The van der Waals surface area contributed by atoms with Gasteiger partial charge in [-0.05, 0) is 24.8 Å². The van der Waals surface area contributed by atoms with Crippen LogP contribution in [-0.2, 0) is 24.3 Å². The zero-order valence-electron chi connectivity index (χ0n) is 14.4. The molecule has 5 nitrogen and oxygen atoms in total. The lowest BCUT2D eigenvalue weighted by molar-refractivity contribution is -0.122. The monoisotopic (exact) mass is 326 g/mol. The van der Waals surface area contributed by atoms with Gasteiger partial charge in [0, 0.05) is 13.0 Å².